The largest absolute Gasteiger partial charge is 0.479 e. The number of hydrogen-bond acceptors (Lipinski definition) is 4. The average molecular weight is 529 g/mol. The van der Waals surface area contributed by atoms with Crippen molar-refractivity contribution in [2.24, 2.45) is 5.92 Å². The lowest BCUT2D eigenvalue weighted by molar-refractivity contribution is -0.172. The second-order valence-corrected chi connectivity index (χ2v) is 9.79. The van der Waals surface area contributed by atoms with Gasteiger partial charge in [-0.05, 0) is 72.2 Å². The Labute approximate surface area is 219 Å². The maximum Gasteiger partial charge on any atom is 0.345 e. The molecule has 4 rings (SSSR count). The van der Waals surface area contributed by atoms with E-state index < -0.39 is 35.4 Å². The lowest BCUT2D eigenvalue weighted by atomic mass is 9.79. The van der Waals surface area contributed by atoms with Crippen LogP contribution in [0.2, 0.25) is 5.02 Å². The van der Waals surface area contributed by atoms with E-state index in [0.717, 1.165) is 31.4 Å². The van der Waals surface area contributed by atoms with Crippen LogP contribution in [0.4, 0.5) is 8.78 Å². The number of halogens is 3. The van der Waals surface area contributed by atoms with E-state index in [4.69, 9.17) is 21.1 Å². The van der Waals surface area contributed by atoms with Crippen molar-refractivity contribution in [3.63, 3.8) is 0 Å². The molecule has 5 nitrogen and oxygen atoms in total. The molecule has 1 fully saturated rings. The highest BCUT2D eigenvalue weighted by Crippen LogP contribution is 2.48. The van der Waals surface area contributed by atoms with Gasteiger partial charge in [-0.25, -0.2) is 13.6 Å². The third-order valence-electron chi connectivity index (χ3n) is 6.57. The molecule has 0 aromatic heterocycles. The van der Waals surface area contributed by atoms with Crippen LogP contribution in [-0.2, 0) is 20.7 Å². The fourth-order valence-electron chi connectivity index (χ4n) is 4.52. The highest BCUT2D eigenvalue weighted by Gasteiger charge is 2.52. The second-order valence-electron chi connectivity index (χ2n) is 9.35. The molecule has 0 unspecified atom stereocenters. The predicted octanol–water partition coefficient (Wildman–Crippen LogP) is 7.12. The summed E-state index contributed by atoms with van der Waals surface area (Å²) in [5.74, 6) is -3.17. The first kappa shape index (κ1) is 26.6. The Morgan fingerprint density at radius 2 is 1.76 bits per heavy atom. The van der Waals surface area contributed by atoms with E-state index in [1.807, 2.05) is 0 Å². The Kier molecular flexibility index (Phi) is 8.13. The van der Waals surface area contributed by atoms with Crippen molar-refractivity contribution >= 4 is 23.5 Å². The van der Waals surface area contributed by atoms with Crippen molar-refractivity contribution in [3.8, 4) is 11.5 Å². The zero-order valence-corrected chi connectivity index (χ0v) is 21.0. The average Bonchev–Trinajstić information content (AvgIpc) is 3.70. The first-order chi connectivity index (χ1) is 17.7. The minimum atomic E-state index is -2.90. The van der Waals surface area contributed by atoms with Crippen molar-refractivity contribution in [1.29, 1.82) is 0 Å². The van der Waals surface area contributed by atoms with Gasteiger partial charge in [-0.3, -0.25) is 4.79 Å². The Balaban J connectivity index is 1.64. The summed E-state index contributed by atoms with van der Waals surface area (Å²) in [6.07, 6.45) is -0.628. The monoisotopic (exact) mass is 528 g/mol. The fourth-order valence-corrected chi connectivity index (χ4v) is 4.65. The van der Waals surface area contributed by atoms with Crippen molar-refractivity contribution in [2.75, 3.05) is 0 Å². The summed E-state index contributed by atoms with van der Waals surface area (Å²) < 4.78 is 41.9. The molecule has 37 heavy (non-hydrogen) atoms. The van der Waals surface area contributed by atoms with Gasteiger partial charge in [0.2, 0.25) is 5.67 Å². The summed E-state index contributed by atoms with van der Waals surface area (Å²) in [6.45, 7) is 1.10. The minimum Gasteiger partial charge on any atom is -0.479 e. The van der Waals surface area contributed by atoms with Crippen LogP contribution in [0.15, 0.2) is 72.8 Å². The number of carboxylic acids is 1. The summed E-state index contributed by atoms with van der Waals surface area (Å²) in [7, 11) is 0. The molecule has 0 spiro atoms. The van der Waals surface area contributed by atoms with Gasteiger partial charge in [-0.1, -0.05) is 48.0 Å². The van der Waals surface area contributed by atoms with Crippen LogP contribution >= 0.6 is 11.6 Å². The predicted molar refractivity (Wildman–Crippen MR) is 135 cm³/mol. The summed E-state index contributed by atoms with van der Waals surface area (Å²) in [4.78, 5) is 24.3. The van der Waals surface area contributed by atoms with Crippen molar-refractivity contribution in [1.82, 2.24) is 0 Å². The van der Waals surface area contributed by atoms with Crippen molar-refractivity contribution < 1.29 is 33.0 Å². The fraction of sp³-hybridized carbons (Fsp3) is 0.310. The molecule has 1 aliphatic carbocycles. The Morgan fingerprint density at radius 3 is 2.35 bits per heavy atom. The van der Waals surface area contributed by atoms with Gasteiger partial charge in [0, 0.05) is 24.8 Å². The summed E-state index contributed by atoms with van der Waals surface area (Å²) in [6, 6.07) is 19.4. The van der Waals surface area contributed by atoms with E-state index in [-0.39, 0.29) is 24.5 Å². The molecule has 194 valence electrons. The number of hydrogen-bond donors (Lipinski definition) is 1. The quantitative estimate of drug-likeness (QED) is 0.268. The number of aliphatic carboxylic acids is 1. The molecule has 0 aliphatic heterocycles. The number of ether oxygens (including phenoxy) is 2. The summed E-state index contributed by atoms with van der Waals surface area (Å²) >= 11 is 6.01. The van der Waals surface area contributed by atoms with Crippen molar-refractivity contribution in [2.45, 2.75) is 50.3 Å². The molecule has 0 amide bonds. The van der Waals surface area contributed by atoms with E-state index in [0.29, 0.717) is 16.3 Å². The van der Waals surface area contributed by atoms with E-state index in [1.165, 1.54) is 12.1 Å². The molecule has 1 N–H and O–H groups in total. The Hall–Kier alpha value is -3.45. The van der Waals surface area contributed by atoms with Gasteiger partial charge >= 0.3 is 11.9 Å². The Bertz CT molecular complexity index is 1250. The number of carbonyl (C=O) groups excluding carboxylic acids is 1. The van der Waals surface area contributed by atoms with Gasteiger partial charge in [0.25, 0.3) is 0 Å². The van der Waals surface area contributed by atoms with Gasteiger partial charge in [0.1, 0.15) is 5.75 Å². The number of benzene rings is 3. The normalized spacial score (nSPS) is 16.3. The molecule has 3 atom stereocenters. The third-order valence-corrected chi connectivity index (χ3v) is 6.82. The van der Waals surface area contributed by atoms with Gasteiger partial charge in [-0.15, -0.1) is 0 Å². The molecule has 0 saturated heterocycles. The van der Waals surface area contributed by atoms with Crippen molar-refractivity contribution in [3.05, 3.63) is 94.8 Å². The van der Waals surface area contributed by atoms with Crippen LogP contribution in [0, 0.1) is 11.7 Å². The zero-order valence-electron chi connectivity index (χ0n) is 20.2. The number of rotatable bonds is 11. The molecule has 8 heteroatoms. The lowest BCUT2D eigenvalue weighted by Gasteiger charge is -2.33. The van der Waals surface area contributed by atoms with Crippen LogP contribution in [0.25, 0.3) is 0 Å². The summed E-state index contributed by atoms with van der Waals surface area (Å²) in [5.41, 5.74) is -1.76. The first-order valence-corrected chi connectivity index (χ1v) is 12.4. The molecule has 1 aliphatic rings. The maximum atomic E-state index is 16.5. The number of carbonyl (C=O) groups is 2. The van der Waals surface area contributed by atoms with E-state index in [2.05, 4.69) is 0 Å². The molecule has 3 aromatic rings. The van der Waals surface area contributed by atoms with Gasteiger partial charge in [0.15, 0.2) is 17.7 Å². The number of alkyl halides is 1. The van der Waals surface area contributed by atoms with Gasteiger partial charge in [-0.2, -0.15) is 0 Å². The third kappa shape index (κ3) is 6.66. The van der Waals surface area contributed by atoms with E-state index in [9.17, 15) is 19.1 Å². The maximum absolute atomic E-state index is 16.5. The number of para-hydroxylation sites is 1. The minimum absolute atomic E-state index is 0.109. The standard InChI is InChI=1S/C29H27ClF2O5/c1-18(33)36-27(16-19-7-14-25(31)26(15-19)37-23-5-3-2-4-6-23)29(32,28(34)35)17-24(20-8-9-20)21-10-12-22(30)13-11-21/h2-7,10-15,20,24,27H,8-9,16-17H2,1H3,(H,34,35)/t24-,27+,29-/m0/s1. The number of esters is 1. The summed E-state index contributed by atoms with van der Waals surface area (Å²) in [5, 5.41) is 10.6. The first-order valence-electron chi connectivity index (χ1n) is 12.0. The Morgan fingerprint density at radius 1 is 1.08 bits per heavy atom. The molecule has 0 radical (unpaired) electrons. The number of carboxylic acid groups (broad SMARTS) is 1. The molecular weight excluding hydrogens is 502 g/mol. The van der Waals surface area contributed by atoms with Crippen LogP contribution in [0.1, 0.15) is 43.2 Å². The highest BCUT2D eigenvalue weighted by atomic mass is 35.5. The van der Waals surface area contributed by atoms with Crippen LogP contribution in [-0.4, -0.2) is 28.8 Å². The molecule has 0 bridgehead atoms. The van der Waals surface area contributed by atoms with E-state index >= 15 is 4.39 Å². The van der Waals surface area contributed by atoms with Crippen LogP contribution in [0.3, 0.4) is 0 Å². The lowest BCUT2D eigenvalue weighted by Crippen LogP contribution is -2.50. The zero-order chi connectivity index (χ0) is 26.6. The van der Waals surface area contributed by atoms with Gasteiger partial charge < -0.3 is 14.6 Å². The molecule has 3 aromatic carbocycles. The molecule has 1 saturated carbocycles. The van der Waals surface area contributed by atoms with Crippen LogP contribution < -0.4 is 4.74 Å². The van der Waals surface area contributed by atoms with Crippen LogP contribution in [0.5, 0.6) is 11.5 Å². The molecular formula is C29H27ClF2O5. The van der Waals surface area contributed by atoms with Gasteiger partial charge in [0.05, 0.1) is 0 Å². The highest BCUT2D eigenvalue weighted by molar-refractivity contribution is 6.30. The SMILES string of the molecule is CC(=O)O[C@H](Cc1ccc(F)c(Oc2ccccc2)c1)[C@@](F)(C[C@H](c1ccc(Cl)cc1)C1CC1)C(=O)O. The molecule has 0 heterocycles. The van der Waals surface area contributed by atoms with E-state index in [1.54, 1.807) is 54.6 Å². The smallest absolute Gasteiger partial charge is 0.345 e. The second kappa shape index (κ2) is 11.3. The topological polar surface area (TPSA) is 72.8 Å².